The third-order valence-corrected chi connectivity index (χ3v) is 11.5. The van der Waals surface area contributed by atoms with Crippen LogP contribution in [0.2, 0.25) is 0 Å². The Hall–Kier alpha value is -2.16. The zero-order valence-electron chi connectivity index (χ0n) is 26.6. The maximum Gasteiger partial charge on any atom is 0.357 e. The lowest BCUT2D eigenvalue weighted by molar-refractivity contribution is -0.128. The molecule has 1 aliphatic heterocycles. The van der Waals surface area contributed by atoms with Gasteiger partial charge in [0, 0.05) is 24.1 Å². The fourth-order valence-corrected chi connectivity index (χ4v) is 8.24. The lowest BCUT2D eigenvalue weighted by Crippen LogP contribution is -2.40. The fraction of sp³-hybridized carbons (Fsp3) is 0.639. The summed E-state index contributed by atoms with van der Waals surface area (Å²) in [6.45, 7) is 3.26. The molecule has 2 aliphatic rings. The number of hydrogen-bond acceptors (Lipinski definition) is 7. The van der Waals surface area contributed by atoms with E-state index in [1.54, 1.807) is 17.1 Å². The number of ether oxygens (including phenoxy) is 1. The van der Waals surface area contributed by atoms with Gasteiger partial charge in [-0.25, -0.2) is 9.78 Å². The van der Waals surface area contributed by atoms with E-state index in [1.165, 1.54) is 68.3 Å². The largest absolute Gasteiger partial charge is 0.461 e. The summed E-state index contributed by atoms with van der Waals surface area (Å²) in [5.74, 6) is 0.569. The first-order valence-electron chi connectivity index (χ1n) is 16.9. The van der Waals surface area contributed by atoms with Crippen LogP contribution in [-0.4, -0.2) is 57.9 Å². The molecule has 242 valence electrons. The van der Waals surface area contributed by atoms with Gasteiger partial charge in [0.05, 0.1) is 18.8 Å². The fourth-order valence-electron chi connectivity index (χ4n) is 6.44. The molecule has 0 radical (unpaired) electrons. The number of likely N-dealkylation sites (tertiary alicyclic amines) is 1. The predicted molar refractivity (Wildman–Crippen MR) is 181 cm³/mol. The number of amides is 1. The van der Waals surface area contributed by atoms with E-state index in [0.717, 1.165) is 48.6 Å². The number of aromatic nitrogens is 1. The third kappa shape index (κ3) is 10.7. The average Bonchev–Trinajstić information content (AvgIpc) is 3.63. The smallest absolute Gasteiger partial charge is 0.357 e. The van der Waals surface area contributed by atoms with Gasteiger partial charge in [0.1, 0.15) is 0 Å². The SMILES string of the molecule is CCC1([C@@H](O)C/C=C/[C@H]2CCC(=O)N2CCSc2nc(C(=O)OCCCCCCCCCCc3ccccc3)cs2)CCC1. The van der Waals surface area contributed by atoms with Crippen molar-refractivity contribution in [3.63, 3.8) is 0 Å². The van der Waals surface area contributed by atoms with Gasteiger partial charge >= 0.3 is 5.97 Å². The van der Waals surface area contributed by atoms with Crippen molar-refractivity contribution in [1.82, 2.24) is 9.88 Å². The van der Waals surface area contributed by atoms with E-state index >= 15 is 0 Å². The molecule has 4 rings (SSSR count). The number of aliphatic hydroxyl groups excluding tert-OH is 1. The van der Waals surface area contributed by atoms with Crippen LogP contribution in [0, 0.1) is 5.41 Å². The number of aliphatic hydroxyl groups is 1. The molecule has 1 amide bonds. The molecule has 0 spiro atoms. The van der Waals surface area contributed by atoms with Gasteiger partial charge in [-0.2, -0.15) is 0 Å². The van der Waals surface area contributed by atoms with E-state index in [1.807, 2.05) is 4.90 Å². The summed E-state index contributed by atoms with van der Waals surface area (Å²) in [6.07, 6.45) is 21.2. The highest BCUT2D eigenvalue weighted by atomic mass is 32.2. The second-order valence-electron chi connectivity index (χ2n) is 12.5. The minimum absolute atomic E-state index is 0.0982. The van der Waals surface area contributed by atoms with Crippen LogP contribution in [0.3, 0.4) is 0 Å². The highest BCUT2D eigenvalue weighted by Gasteiger charge is 2.41. The number of carbonyl (C=O) groups is 2. The molecule has 0 unspecified atom stereocenters. The Balaban J connectivity index is 1.03. The van der Waals surface area contributed by atoms with Gasteiger partial charge in [-0.3, -0.25) is 4.79 Å². The van der Waals surface area contributed by atoms with Crippen LogP contribution in [0.25, 0.3) is 0 Å². The first-order valence-corrected chi connectivity index (χ1v) is 18.8. The van der Waals surface area contributed by atoms with Crippen LogP contribution in [0.4, 0.5) is 0 Å². The molecule has 1 saturated heterocycles. The van der Waals surface area contributed by atoms with E-state index in [9.17, 15) is 14.7 Å². The van der Waals surface area contributed by atoms with Crippen LogP contribution >= 0.6 is 23.1 Å². The number of thioether (sulfide) groups is 1. The minimum atomic E-state index is -0.347. The molecule has 1 N–H and O–H groups in total. The number of aryl methyl sites for hydroxylation is 1. The molecule has 2 fully saturated rings. The molecule has 0 bridgehead atoms. The molecule has 1 aliphatic carbocycles. The second kappa shape index (κ2) is 18.7. The third-order valence-electron chi connectivity index (χ3n) is 9.54. The molecule has 44 heavy (non-hydrogen) atoms. The summed E-state index contributed by atoms with van der Waals surface area (Å²) < 4.78 is 6.29. The number of carbonyl (C=O) groups excluding carboxylic acids is 2. The van der Waals surface area contributed by atoms with Crippen molar-refractivity contribution in [2.75, 3.05) is 18.9 Å². The average molecular weight is 641 g/mol. The molecule has 6 nitrogen and oxygen atoms in total. The van der Waals surface area contributed by atoms with Crippen molar-refractivity contribution in [2.45, 2.75) is 126 Å². The maximum absolute atomic E-state index is 12.5. The maximum atomic E-state index is 12.5. The Morgan fingerprint density at radius 1 is 1.14 bits per heavy atom. The summed E-state index contributed by atoms with van der Waals surface area (Å²) >= 11 is 3.03. The summed E-state index contributed by atoms with van der Waals surface area (Å²) in [5, 5.41) is 12.5. The molecule has 2 atom stereocenters. The van der Waals surface area contributed by atoms with Gasteiger partial charge < -0.3 is 14.7 Å². The van der Waals surface area contributed by atoms with Gasteiger partial charge in [0.2, 0.25) is 5.91 Å². The molecule has 2 aromatic rings. The Morgan fingerprint density at radius 2 is 1.86 bits per heavy atom. The van der Waals surface area contributed by atoms with E-state index in [4.69, 9.17) is 4.74 Å². The summed E-state index contributed by atoms with van der Waals surface area (Å²) in [4.78, 5) is 31.4. The number of esters is 1. The molecule has 2 heterocycles. The zero-order valence-corrected chi connectivity index (χ0v) is 28.2. The van der Waals surface area contributed by atoms with Crippen LogP contribution in [-0.2, 0) is 16.0 Å². The Labute approximate surface area is 273 Å². The highest BCUT2D eigenvalue weighted by Crippen LogP contribution is 2.47. The Kier molecular flexibility index (Phi) is 14.8. The van der Waals surface area contributed by atoms with Crippen molar-refractivity contribution in [1.29, 1.82) is 0 Å². The predicted octanol–water partition coefficient (Wildman–Crippen LogP) is 8.63. The number of rotatable bonds is 21. The lowest BCUT2D eigenvalue weighted by atomic mass is 9.63. The zero-order chi connectivity index (χ0) is 31.0. The van der Waals surface area contributed by atoms with Crippen molar-refractivity contribution in [3.8, 4) is 0 Å². The van der Waals surface area contributed by atoms with Crippen LogP contribution in [0.5, 0.6) is 0 Å². The molecule has 1 saturated carbocycles. The molecule has 1 aromatic carbocycles. The van der Waals surface area contributed by atoms with E-state index < -0.39 is 0 Å². The van der Waals surface area contributed by atoms with Crippen LogP contribution in [0.1, 0.15) is 119 Å². The topological polar surface area (TPSA) is 79.7 Å². The second-order valence-corrected chi connectivity index (χ2v) is 14.7. The lowest BCUT2D eigenvalue weighted by Gasteiger charge is -2.45. The number of benzene rings is 1. The molecular weight excluding hydrogens is 589 g/mol. The van der Waals surface area contributed by atoms with Crippen LogP contribution < -0.4 is 0 Å². The van der Waals surface area contributed by atoms with Gasteiger partial charge in [-0.05, 0) is 62.3 Å². The van der Waals surface area contributed by atoms with Gasteiger partial charge in [-0.15, -0.1) is 11.3 Å². The summed E-state index contributed by atoms with van der Waals surface area (Å²) in [6, 6.07) is 10.8. The van der Waals surface area contributed by atoms with E-state index in [2.05, 4.69) is 54.4 Å². The molecule has 1 aromatic heterocycles. The summed E-state index contributed by atoms with van der Waals surface area (Å²) in [7, 11) is 0. The van der Waals surface area contributed by atoms with Crippen molar-refractivity contribution >= 4 is 35.0 Å². The van der Waals surface area contributed by atoms with Gasteiger partial charge in [-0.1, -0.05) is 106 Å². The molecular formula is C36H52N2O4S2. The Morgan fingerprint density at radius 3 is 2.57 bits per heavy atom. The number of nitrogens with zero attached hydrogens (tertiary/aromatic N) is 2. The standard InChI is InChI=1S/C36H52N2O4S2/c1-2-36(23-15-24-36)32(39)20-14-19-30-21-22-33(40)38(30)25-27-43-35-37-31(28-44-35)34(41)42-26-13-8-6-4-3-5-7-10-16-29-17-11-9-12-18-29/h9,11-12,14,17-19,28,30,32,39H,2-8,10,13,15-16,20-27H2,1H3/b19-14+/t30-,32-/m0/s1. The van der Waals surface area contributed by atoms with E-state index in [-0.39, 0.29) is 29.4 Å². The minimum Gasteiger partial charge on any atom is -0.461 e. The van der Waals surface area contributed by atoms with Crippen LogP contribution in [0.15, 0.2) is 52.2 Å². The number of thiazole rings is 1. The summed E-state index contributed by atoms with van der Waals surface area (Å²) in [5.41, 5.74) is 1.92. The first kappa shape index (κ1) is 34.7. The van der Waals surface area contributed by atoms with Crippen molar-refractivity contribution in [2.24, 2.45) is 5.41 Å². The first-order chi connectivity index (χ1) is 21.5. The molecule has 8 heteroatoms. The number of hydrogen-bond donors (Lipinski definition) is 1. The normalized spacial score (nSPS) is 18.5. The van der Waals surface area contributed by atoms with Crippen molar-refractivity contribution < 1.29 is 19.4 Å². The highest BCUT2D eigenvalue weighted by molar-refractivity contribution is 8.01. The Bertz CT molecular complexity index is 1160. The number of unbranched alkanes of at least 4 members (excludes halogenated alkanes) is 7. The van der Waals surface area contributed by atoms with E-state index in [0.29, 0.717) is 31.7 Å². The van der Waals surface area contributed by atoms with Gasteiger partial charge in [0.15, 0.2) is 10.0 Å². The quantitative estimate of drug-likeness (QED) is 0.0637. The van der Waals surface area contributed by atoms with Crippen molar-refractivity contribution in [3.05, 3.63) is 59.1 Å². The monoisotopic (exact) mass is 640 g/mol. The van der Waals surface area contributed by atoms with Gasteiger partial charge in [0.25, 0.3) is 0 Å².